The van der Waals surface area contributed by atoms with Crippen molar-refractivity contribution < 1.29 is 9.47 Å². The van der Waals surface area contributed by atoms with Gasteiger partial charge in [0.25, 0.3) is 0 Å². The Kier molecular flexibility index (Phi) is 4.99. The average Bonchev–Trinajstić information content (AvgIpc) is 2.51. The molecule has 0 saturated carbocycles. The Balaban J connectivity index is 2.43. The predicted molar refractivity (Wildman–Crippen MR) is 85.6 cm³/mol. The first-order valence-corrected chi connectivity index (χ1v) is 7.07. The highest BCUT2D eigenvalue weighted by atomic mass is 16.5. The molecule has 3 nitrogen and oxygen atoms in total. The van der Waals surface area contributed by atoms with Gasteiger partial charge in [0.05, 0.1) is 13.2 Å². The van der Waals surface area contributed by atoms with E-state index in [-0.39, 0.29) is 12.1 Å². The van der Waals surface area contributed by atoms with Gasteiger partial charge in [0.15, 0.2) is 0 Å². The van der Waals surface area contributed by atoms with Gasteiger partial charge in [-0.05, 0) is 30.5 Å². The van der Waals surface area contributed by atoms with Gasteiger partial charge in [0, 0.05) is 12.7 Å². The van der Waals surface area contributed by atoms with Crippen molar-refractivity contribution >= 4 is 0 Å². The number of ether oxygens (including phenoxy) is 2. The summed E-state index contributed by atoms with van der Waals surface area (Å²) in [7, 11) is 3.37. The number of benzene rings is 2. The van der Waals surface area contributed by atoms with Crippen LogP contribution in [0.3, 0.4) is 0 Å². The van der Waals surface area contributed by atoms with Crippen LogP contribution < -0.4 is 10.5 Å². The van der Waals surface area contributed by atoms with Gasteiger partial charge in [-0.25, -0.2) is 0 Å². The highest BCUT2D eigenvalue weighted by Crippen LogP contribution is 2.37. The summed E-state index contributed by atoms with van der Waals surface area (Å²) in [5.74, 6) is 0.848. The molecule has 0 aliphatic heterocycles. The molecule has 0 amide bonds. The predicted octanol–water partition coefficient (Wildman–Crippen LogP) is 3.70. The summed E-state index contributed by atoms with van der Waals surface area (Å²) in [5, 5.41) is 0. The summed E-state index contributed by atoms with van der Waals surface area (Å²) in [4.78, 5) is 0. The summed E-state index contributed by atoms with van der Waals surface area (Å²) in [6.07, 6.45) is -0.206. The lowest BCUT2D eigenvalue weighted by Gasteiger charge is -2.26. The molecule has 2 N–H and O–H groups in total. The van der Waals surface area contributed by atoms with Crippen LogP contribution in [0.15, 0.2) is 42.5 Å². The highest BCUT2D eigenvalue weighted by Gasteiger charge is 2.24. The SMILES string of the molecule is COc1c(C(N)C(OC)c2ccccc2)ccc(C)c1C. The Morgan fingerprint density at radius 2 is 1.62 bits per heavy atom. The molecule has 0 fully saturated rings. The largest absolute Gasteiger partial charge is 0.496 e. The van der Waals surface area contributed by atoms with Gasteiger partial charge in [0.2, 0.25) is 0 Å². The molecule has 0 spiro atoms. The second-order valence-electron chi connectivity index (χ2n) is 5.22. The van der Waals surface area contributed by atoms with E-state index in [0.717, 1.165) is 22.4 Å². The van der Waals surface area contributed by atoms with Gasteiger partial charge >= 0.3 is 0 Å². The Hall–Kier alpha value is -1.84. The Labute approximate surface area is 126 Å². The summed E-state index contributed by atoms with van der Waals surface area (Å²) in [6, 6.07) is 13.8. The number of aryl methyl sites for hydroxylation is 1. The van der Waals surface area contributed by atoms with Crippen molar-refractivity contribution in [3.63, 3.8) is 0 Å². The number of hydrogen-bond donors (Lipinski definition) is 1. The van der Waals surface area contributed by atoms with E-state index in [9.17, 15) is 0 Å². The topological polar surface area (TPSA) is 44.5 Å². The van der Waals surface area contributed by atoms with Gasteiger partial charge < -0.3 is 15.2 Å². The van der Waals surface area contributed by atoms with E-state index in [1.165, 1.54) is 5.56 Å². The monoisotopic (exact) mass is 285 g/mol. The van der Waals surface area contributed by atoms with Crippen LogP contribution >= 0.6 is 0 Å². The van der Waals surface area contributed by atoms with E-state index in [1.807, 2.05) is 36.4 Å². The molecule has 2 aromatic carbocycles. The molecule has 112 valence electrons. The number of nitrogens with two attached hydrogens (primary N) is 1. The second kappa shape index (κ2) is 6.74. The van der Waals surface area contributed by atoms with Crippen LogP contribution in [0.1, 0.15) is 34.4 Å². The van der Waals surface area contributed by atoms with E-state index in [1.54, 1.807) is 14.2 Å². The molecule has 2 atom stereocenters. The molecule has 0 radical (unpaired) electrons. The lowest BCUT2D eigenvalue weighted by Crippen LogP contribution is -2.22. The minimum absolute atomic E-state index is 0.206. The fourth-order valence-electron chi connectivity index (χ4n) is 2.64. The summed E-state index contributed by atoms with van der Waals surface area (Å²) >= 11 is 0. The maximum Gasteiger partial charge on any atom is 0.126 e. The Morgan fingerprint density at radius 3 is 2.19 bits per heavy atom. The molecule has 2 rings (SSSR count). The van der Waals surface area contributed by atoms with Crippen molar-refractivity contribution in [1.29, 1.82) is 0 Å². The first-order valence-electron chi connectivity index (χ1n) is 7.07. The average molecular weight is 285 g/mol. The van der Waals surface area contributed by atoms with Crippen molar-refractivity contribution in [1.82, 2.24) is 0 Å². The second-order valence-corrected chi connectivity index (χ2v) is 5.22. The van der Waals surface area contributed by atoms with E-state index in [0.29, 0.717) is 0 Å². The normalized spacial score (nSPS) is 13.8. The van der Waals surface area contributed by atoms with E-state index < -0.39 is 0 Å². The van der Waals surface area contributed by atoms with Crippen LogP contribution in [0, 0.1) is 13.8 Å². The molecular formula is C18H23NO2. The number of rotatable bonds is 5. The third-order valence-electron chi connectivity index (χ3n) is 3.98. The van der Waals surface area contributed by atoms with Gasteiger partial charge in [-0.2, -0.15) is 0 Å². The zero-order valence-electron chi connectivity index (χ0n) is 13.1. The molecule has 0 aliphatic rings. The summed E-state index contributed by atoms with van der Waals surface area (Å²) < 4.78 is 11.2. The summed E-state index contributed by atoms with van der Waals surface area (Å²) in [6.45, 7) is 4.12. The standard InChI is InChI=1S/C18H23NO2/c1-12-10-11-15(17(20-3)13(12)2)16(19)18(21-4)14-8-6-5-7-9-14/h5-11,16,18H,19H2,1-4H3. The first kappa shape index (κ1) is 15.5. The molecule has 2 unspecified atom stereocenters. The fourth-order valence-corrected chi connectivity index (χ4v) is 2.64. The number of hydrogen-bond acceptors (Lipinski definition) is 3. The molecule has 0 aliphatic carbocycles. The first-order chi connectivity index (χ1) is 10.1. The maximum atomic E-state index is 6.47. The zero-order chi connectivity index (χ0) is 15.4. The molecule has 21 heavy (non-hydrogen) atoms. The van der Waals surface area contributed by atoms with Crippen molar-refractivity contribution in [3.05, 3.63) is 64.7 Å². The van der Waals surface area contributed by atoms with Crippen molar-refractivity contribution in [2.24, 2.45) is 5.73 Å². The van der Waals surface area contributed by atoms with Gasteiger partial charge in [-0.15, -0.1) is 0 Å². The van der Waals surface area contributed by atoms with Crippen LogP contribution in [0.5, 0.6) is 5.75 Å². The Bertz CT molecular complexity index is 596. The summed E-state index contributed by atoms with van der Waals surface area (Å²) in [5.41, 5.74) is 10.8. The van der Waals surface area contributed by atoms with Gasteiger partial charge in [0.1, 0.15) is 11.9 Å². The minimum atomic E-state index is -0.286. The van der Waals surface area contributed by atoms with Crippen LogP contribution in [0.2, 0.25) is 0 Å². The molecule has 2 aromatic rings. The van der Waals surface area contributed by atoms with Crippen LogP contribution in [0.25, 0.3) is 0 Å². The van der Waals surface area contributed by atoms with Crippen LogP contribution in [0.4, 0.5) is 0 Å². The molecule has 3 heteroatoms. The smallest absolute Gasteiger partial charge is 0.126 e. The molecule has 0 aromatic heterocycles. The lowest BCUT2D eigenvalue weighted by molar-refractivity contribution is 0.0793. The van der Waals surface area contributed by atoms with Crippen molar-refractivity contribution in [2.45, 2.75) is 26.0 Å². The molecule has 0 heterocycles. The van der Waals surface area contributed by atoms with Gasteiger partial charge in [-0.3, -0.25) is 0 Å². The quantitative estimate of drug-likeness (QED) is 0.911. The molecular weight excluding hydrogens is 262 g/mol. The number of methoxy groups -OCH3 is 2. The van der Waals surface area contributed by atoms with Crippen LogP contribution in [-0.4, -0.2) is 14.2 Å². The zero-order valence-corrected chi connectivity index (χ0v) is 13.1. The van der Waals surface area contributed by atoms with E-state index in [2.05, 4.69) is 19.9 Å². The lowest BCUT2D eigenvalue weighted by atomic mass is 9.93. The minimum Gasteiger partial charge on any atom is -0.496 e. The molecule has 0 bridgehead atoms. The Morgan fingerprint density at radius 1 is 0.952 bits per heavy atom. The third-order valence-corrected chi connectivity index (χ3v) is 3.98. The van der Waals surface area contributed by atoms with Gasteiger partial charge in [-0.1, -0.05) is 42.5 Å². The molecule has 0 saturated heterocycles. The van der Waals surface area contributed by atoms with Crippen LogP contribution in [-0.2, 0) is 4.74 Å². The highest BCUT2D eigenvalue weighted by molar-refractivity contribution is 5.47. The maximum absolute atomic E-state index is 6.47. The van der Waals surface area contributed by atoms with E-state index >= 15 is 0 Å². The van der Waals surface area contributed by atoms with Crippen molar-refractivity contribution in [2.75, 3.05) is 14.2 Å². The van der Waals surface area contributed by atoms with E-state index in [4.69, 9.17) is 15.2 Å². The van der Waals surface area contributed by atoms with Crippen molar-refractivity contribution in [3.8, 4) is 5.75 Å². The fraction of sp³-hybridized carbons (Fsp3) is 0.333. The third kappa shape index (κ3) is 3.09.